The molecule has 0 unspecified atom stereocenters. The lowest BCUT2D eigenvalue weighted by Crippen LogP contribution is -2.37. The van der Waals surface area contributed by atoms with E-state index < -0.39 is 10.0 Å². The Morgan fingerprint density at radius 2 is 1.62 bits per heavy atom. The minimum atomic E-state index is -3.76. The van der Waals surface area contributed by atoms with Crippen molar-refractivity contribution in [1.29, 1.82) is 0 Å². The minimum Gasteiger partial charge on any atom is -0.355 e. The summed E-state index contributed by atoms with van der Waals surface area (Å²) in [4.78, 5) is 24.3. The van der Waals surface area contributed by atoms with E-state index in [2.05, 4.69) is 5.32 Å². The number of hydrogen-bond acceptors (Lipinski definition) is 4. The Hall–Kier alpha value is -1.93. The molecule has 0 fully saturated rings. The molecular weight excluding hydrogens is 294 g/mol. The molecule has 0 spiro atoms. The molecule has 7 nitrogen and oxygen atoms in total. The first kappa shape index (κ1) is 17.1. The number of rotatable bonds is 5. The molecule has 21 heavy (non-hydrogen) atoms. The molecule has 1 N–H and O–H groups in total. The van der Waals surface area contributed by atoms with Gasteiger partial charge in [-0.05, 0) is 24.3 Å². The van der Waals surface area contributed by atoms with Crippen LogP contribution < -0.4 is 5.32 Å². The normalized spacial score (nSPS) is 11.3. The Balaban J connectivity index is 2.97. The highest BCUT2D eigenvalue weighted by Gasteiger charge is 2.23. The van der Waals surface area contributed by atoms with Gasteiger partial charge in [-0.25, -0.2) is 8.42 Å². The van der Waals surface area contributed by atoms with E-state index in [1.54, 1.807) is 14.1 Å². The summed E-state index contributed by atoms with van der Waals surface area (Å²) < 4.78 is 25.6. The average molecular weight is 313 g/mol. The first-order valence-corrected chi connectivity index (χ1v) is 7.62. The van der Waals surface area contributed by atoms with Crippen molar-refractivity contribution in [3.05, 3.63) is 29.8 Å². The van der Waals surface area contributed by atoms with Crippen molar-refractivity contribution in [3.8, 4) is 0 Å². The van der Waals surface area contributed by atoms with Crippen molar-refractivity contribution in [2.45, 2.75) is 4.90 Å². The number of hydrogen-bond donors (Lipinski definition) is 1. The molecule has 8 heteroatoms. The third-order valence-corrected chi connectivity index (χ3v) is 4.73. The van der Waals surface area contributed by atoms with Gasteiger partial charge < -0.3 is 10.2 Å². The van der Waals surface area contributed by atoms with E-state index in [1.807, 2.05) is 0 Å². The monoisotopic (exact) mass is 313 g/mol. The first-order valence-electron chi connectivity index (χ1n) is 6.18. The van der Waals surface area contributed by atoms with Gasteiger partial charge in [0.25, 0.3) is 5.91 Å². The highest BCUT2D eigenvalue weighted by atomic mass is 32.2. The molecule has 1 aromatic rings. The van der Waals surface area contributed by atoms with Gasteiger partial charge in [0, 0.05) is 33.8 Å². The zero-order valence-corrected chi connectivity index (χ0v) is 13.3. The molecule has 0 aliphatic rings. The van der Waals surface area contributed by atoms with E-state index in [0.29, 0.717) is 5.56 Å². The molecule has 0 bridgehead atoms. The van der Waals surface area contributed by atoms with Crippen LogP contribution in [0.2, 0.25) is 0 Å². The SMILES string of the molecule is CNC(=O)c1ccc(S(=O)(=O)N(C)CC(=O)N(C)C)cc1. The number of benzene rings is 1. The summed E-state index contributed by atoms with van der Waals surface area (Å²) >= 11 is 0. The summed E-state index contributed by atoms with van der Waals surface area (Å²) in [6.45, 7) is -0.244. The van der Waals surface area contributed by atoms with Crippen molar-refractivity contribution in [3.63, 3.8) is 0 Å². The molecule has 1 aromatic carbocycles. The average Bonchev–Trinajstić information content (AvgIpc) is 2.46. The second kappa shape index (κ2) is 6.68. The molecule has 1 rings (SSSR count). The molecule has 0 aromatic heterocycles. The van der Waals surface area contributed by atoms with Crippen molar-refractivity contribution in [1.82, 2.24) is 14.5 Å². The van der Waals surface area contributed by atoms with Crippen LogP contribution in [0.4, 0.5) is 0 Å². The number of nitrogens with zero attached hydrogens (tertiary/aromatic N) is 2. The Morgan fingerprint density at radius 1 is 1.10 bits per heavy atom. The summed E-state index contributed by atoms with van der Waals surface area (Å²) in [7, 11) is 2.18. The van der Waals surface area contributed by atoms with E-state index in [0.717, 1.165) is 4.31 Å². The van der Waals surface area contributed by atoms with Gasteiger partial charge in [-0.3, -0.25) is 9.59 Å². The maximum Gasteiger partial charge on any atom is 0.251 e. The van der Waals surface area contributed by atoms with Gasteiger partial charge in [0.15, 0.2) is 0 Å². The number of likely N-dealkylation sites (N-methyl/N-ethyl adjacent to an activating group) is 2. The number of nitrogens with one attached hydrogen (secondary N) is 1. The maximum absolute atomic E-state index is 12.3. The van der Waals surface area contributed by atoms with E-state index >= 15 is 0 Å². The van der Waals surface area contributed by atoms with Gasteiger partial charge in [-0.15, -0.1) is 0 Å². The highest BCUT2D eigenvalue weighted by Crippen LogP contribution is 2.15. The molecule has 0 heterocycles. The van der Waals surface area contributed by atoms with Gasteiger partial charge in [-0.2, -0.15) is 4.31 Å². The number of amides is 2. The molecule has 2 amide bonds. The fraction of sp³-hybridized carbons (Fsp3) is 0.385. The number of carbonyl (C=O) groups is 2. The predicted molar refractivity (Wildman–Crippen MR) is 78.3 cm³/mol. The van der Waals surface area contributed by atoms with Gasteiger partial charge in [0.2, 0.25) is 15.9 Å². The number of sulfonamides is 1. The van der Waals surface area contributed by atoms with Gasteiger partial charge >= 0.3 is 0 Å². The second-order valence-corrected chi connectivity index (χ2v) is 6.70. The summed E-state index contributed by atoms with van der Waals surface area (Å²) in [6.07, 6.45) is 0. The van der Waals surface area contributed by atoms with Crippen LogP contribution in [0.5, 0.6) is 0 Å². The summed E-state index contributed by atoms with van der Waals surface area (Å²) in [6, 6.07) is 5.54. The standard InChI is InChI=1S/C13H19N3O4S/c1-14-13(18)10-5-7-11(8-6-10)21(19,20)16(4)9-12(17)15(2)3/h5-8H,9H2,1-4H3,(H,14,18). The molecular formula is C13H19N3O4S. The first-order chi connectivity index (χ1) is 9.70. The molecule has 0 aliphatic heterocycles. The van der Waals surface area contributed by atoms with Gasteiger partial charge in [-0.1, -0.05) is 0 Å². The topological polar surface area (TPSA) is 86.8 Å². The lowest BCUT2D eigenvalue weighted by Gasteiger charge is -2.19. The van der Waals surface area contributed by atoms with E-state index in [-0.39, 0.29) is 23.3 Å². The third kappa shape index (κ3) is 4.02. The predicted octanol–water partition coefficient (Wildman–Crippen LogP) is -0.245. The van der Waals surface area contributed by atoms with Gasteiger partial charge in [0.05, 0.1) is 11.4 Å². The second-order valence-electron chi connectivity index (χ2n) is 4.65. The van der Waals surface area contributed by atoms with Crippen molar-refractivity contribution < 1.29 is 18.0 Å². The van der Waals surface area contributed by atoms with Crippen molar-refractivity contribution in [2.24, 2.45) is 0 Å². The summed E-state index contributed by atoms with van der Waals surface area (Å²) in [5.74, 6) is -0.613. The molecule has 116 valence electrons. The van der Waals surface area contributed by atoms with E-state index in [4.69, 9.17) is 0 Å². The fourth-order valence-corrected chi connectivity index (χ4v) is 2.64. The van der Waals surface area contributed by atoms with Crippen molar-refractivity contribution >= 4 is 21.8 Å². The lowest BCUT2D eigenvalue weighted by atomic mass is 10.2. The molecule has 0 atom stereocenters. The number of carbonyl (C=O) groups excluding carboxylic acids is 2. The smallest absolute Gasteiger partial charge is 0.251 e. The van der Waals surface area contributed by atoms with Gasteiger partial charge in [0.1, 0.15) is 0 Å². The van der Waals surface area contributed by atoms with Crippen LogP contribution in [0, 0.1) is 0 Å². The Morgan fingerprint density at radius 3 is 2.05 bits per heavy atom. The Kier molecular flexibility index (Phi) is 5.45. The molecule has 0 aliphatic carbocycles. The molecule has 0 saturated carbocycles. The van der Waals surface area contributed by atoms with Crippen LogP contribution in [-0.4, -0.2) is 64.2 Å². The Labute approximate surface area is 124 Å². The van der Waals surface area contributed by atoms with Crippen molar-refractivity contribution in [2.75, 3.05) is 34.7 Å². The zero-order chi connectivity index (χ0) is 16.2. The van der Waals surface area contributed by atoms with Crippen LogP contribution >= 0.6 is 0 Å². The molecule has 0 saturated heterocycles. The van der Waals surface area contributed by atoms with Crippen LogP contribution in [0.15, 0.2) is 29.2 Å². The van der Waals surface area contributed by atoms with E-state index in [1.165, 1.54) is 43.3 Å². The van der Waals surface area contributed by atoms with E-state index in [9.17, 15) is 18.0 Å². The van der Waals surface area contributed by atoms with Crippen LogP contribution in [0.3, 0.4) is 0 Å². The largest absolute Gasteiger partial charge is 0.355 e. The zero-order valence-electron chi connectivity index (χ0n) is 12.5. The third-order valence-electron chi connectivity index (χ3n) is 2.91. The molecule has 0 radical (unpaired) electrons. The Bertz CT molecular complexity index is 623. The fourth-order valence-electron chi connectivity index (χ4n) is 1.52. The minimum absolute atomic E-state index is 0.0317. The van der Waals surface area contributed by atoms with Crippen LogP contribution in [0.25, 0.3) is 0 Å². The van der Waals surface area contributed by atoms with Crippen LogP contribution in [-0.2, 0) is 14.8 Å². The van der Waals surface area contributed by atoms with Crippen LogP contribution in [0.1, 0.15) is 10.4 Å². The quantitative estimate of drug-likeness (QED) is 0.812. The lowest BCUT2D eigenvalue weighted by molar-refractivity contribution is -0.128. The maximum atomic E-state index is 12.3. The summed E-state index contributed by atoms with van der Waals surface area (Å²) in [5.41, 5.74) is 0.364. The highest BCUT2D eigenvalue weighted by molar-refractivity contribution is 7.89. The summed E-state index contributed by atoms with van der Waals surface area (Å²) in [5, 5.41) is 2.45.